The number of nitrogens with one attached hydrogen (secondary N) is 1. The number of anilines is 1. The zero-order valence-electron chi connectivity index (χ0n) is 16.2. The molecule has 1 fully saturated rings. The zero-order valence-corrected chi connectivity index (χ0v) is 16.2. The van der Waals surface area contributed by atoms with Gasteiger partial charge in [0.1, 0.15) is 11.3 Å². The smallest absolute Gasteiger partial charge is 0.335 e. The van der Waals surface area contributed by atoms with Crippen LogP contribution in [-0.2, 0) is 9.59 Å². The molecule has 1 N–H and O–H groups in total. The van der Waals surface area contributed by atoms with E-state index < -0.39 is 17.8 Å². The zero-order chi connectivity index (χ0) is 21.1. The highest BCUT2D eigenvalue weighted by molar-refractivity contribution is 6.38. The van der Waals surface area contributed by atoms with Crippen LogP contribution < -0.4 is 15.0 Å². The van der Waals surface area contributed by atoms with Crippen molar-refractivity contribution in [1.82, 2.24) is 5.32 Å². The predicted octanol–water partition coefficient (Wildman–Crippen LogP) is 4.07. The molecule has 6 nitrogen and oxygen atoms in total. The number of amides is 4. The highest BCUT2D eigenvalue weighted by Gasteiger charge is 2.37. The molecule has 0 aliphatic carbocycles. The number of hydrogen-bond donors (Lipinski definition) is 1. The van der Waals surface area contributed by atoms with Gasteiger partial charge < -0.3 is 4.74 Å². The number of barbiturate groups is 1. The number of ether oxygens (including phenoxy) is 1. The molecule has 1 saturated heterocycles. The number of benzene rings is 3. The summed E-state index contributed by atoms with van der Waals surface area (Å²) in [4.78, 5) is 38.8. The molecular formula is C24H18N2O4. The number of imide groups is 2. The van der Waals surface area contributed by atoms with E-state index in [-0.39, 0.29) is 5.57 Å². The Morgan fingerprint density at radius 2 is 1.63 bits per heavy atom. The lowest BCUT2D eigenvalue weighted by Crippen LogP contribution is -2.54. The van der Waals surface area contributed by atoms with Crippen LogP contribution in [0.25, 0.3) is 16.8 Å². The Labute approximate surface area is 173 Å². The lowest BCUT2D eigenvalue weighted by Gasteiger charge is -2.27. The number of hydrogen-bond acceptors (Lipinski definition) is 4. The molecule has 4 rings (SSSR count). The summed E-state index contributed by atoms with van der Waals surface area (Å²) in [5, 5.41) is 3.87. The fourth-order valence-corrected chi connectivity index (χ4v) is 3.27. The van der Waals surface area contributed by atoms with Gasteiger partial charge >= 0.3 is 6.03 Å². The van der Waals surface area contributed by atoms with E-state index in [1.165, 1.54) is 6.08 Å². The number of urea groups is 1. The van der Waals surface area contributed by atoms with Gasteiger partial charge in [-0.05, 0) is 35.2 Å². The fraction of sp³-hybridized carbons (Fsp3) is 0.0417. The first-order valence-electron chi connectivity index (χ1n) is 9.28. The summed E-state index contributed by atoms with van der Waals surface area (Å²) in [7, 11) is 1.59. The number of methoxy groups -OCH3 is 1. The highest BCUT2D eigenvalue weighted by atomic mass is 16.5. The maximum atomic E-state index is 13.0. The molecule has 3 aromatic rings. The minimum atomic E-state index is -0.766. The van der Waals surface area contributed by atoms with E-state index in [0.29, 0.717) is 5.69 Å². The molecule has 1 aliphatic rings. The monoisotopic (exact) mass is 398 g/mol. The van der Waals surface area contributed by atoms with Gasteiger partial charge in [-0.25, -0.2) is 9.69 Å². The minimum Gasteiger partial charge on any atom is -0.497 e. The molecule has 0 aromatic heterocycles. The molecule has 0 radical (unpaired) electrons. The number of carbonyl (C=O) groups is 3. The first-order chi connectivity index (χ1) is 14.6. The summed E-state index contributed by atoms with van der Waals surface area (Å²) >= 11 is 0. The molecule has 30 heavy (non-hydrogen) atoms. The van der Waals surface area contributed by atoms with Gasteiger partial charge in [-0.1, -0.05) is 60.7 Å². The van der Waals surface area contributed by atoms with E-state index in [9.17, 15) is 14.4 Å². The summed E-state index contributed by atoms with van der Waals surface area (Å²) < 4.78 is 5.12. The van der Waals surface area contributed by atoms with Gasteiger partial charge in [-0.2, -0.15) is 0 Å². The van der Waals surface area contributed by atoms with Crippen molar-refractivity contribution < 1.29 is 19.1 Å². The third kappa shape index (κ3) is 3.58. The molecule has 4 amide bonds. The molecule has 1 heterocycles. The van der Waals surface area contributed by atoms with Crippen molar-refractivity contribution in [3.05, 3.63) is 90.0 Å². The average molecular weight is 398 g/mol. The first-order valence-corrected chi connectivity index (χ1v) is 9.28. The van der Waals surface area contributed by atoms with E-state index in [4.69, 9.17) is 4.74 Å². The van der Waals surface area contributed by atoms with Crippen LogP contribution >= 0.6 is 0 Å². The van der Waals surface area contributed by atoms with Crippen LogP contribution in [0.5, 0.6) is 5.75 Å². The minimum absolute atomic E-state index is 0.118. The van der Waals surface area contributed by atoms with E-state index in [1.807, 2.05) is 54.6 Å². The molecule has 148 valence electrons. The number of nitrogens with zero attached hydrogens (tertiary/aromatic N) is 1. The van der Waals surface area contributed by atoms with Crippen LogP contribution in [0.15, 0.2) is 84.5 Å². The highest BCUT2D eigenvalue weighted by Crippen LogP contribution is 2.29. The SMILES string of the molecule is COc1ccc(/C=C/C=C2/C(=O)NC(=O)N(c3cccc4ccccc34)C2=O)cc1. The van der Waals surface area contributed by atoms with Crippen LogP contribution in [0.1, 0.15) is 5.56 Å². The Morgan fingerprint density at radius 3 is 2.40 bits per heavy atom. The number of fused-ring (bicyclic) bond motifs is 1. The molecule has 0 atom stereocenters. The fourth-order valence-electron chi connectivity index (χ4n) is 3.27. The van der Waals surface area contributed by atoms with E-state index >= 15 is 0 Å². The Bertz CT molecular complexity index is 1200. The molecular weight excluding hydrogens is 380 g/mol. The van der Waals surface area contributed by atoms with Crippen molar-refractivity contribution in [3.63, 3.8) is 0 Å². The maximum absolute atomic E-state index is 13.0. The van der Waals surface area contributed by atoms with Gasteiger partial charge in [0.25, 0.3) is 11.8 Å². The van der Waals surface area contributed by atoms with Crippen LogP contribution in [0, 0.1) is 0 Å². The summed E-state index contributed by atoms with van der Waals surface area (Å²) in [6.45, 7) is 0. The van der Waals surface area contributed by atoms with Crippen LogP contribution in [0.4, 0.5) is 10.5 Å². The Hall–Kier alpha value is -4.19. The lowest BCUT2D eigenvalue weighted by molar-refractivity contribution is -0.122. The van der Waals surface area contributed by atoms with Gasteiger partial charge in [-0.15, -0.1) is 0 Å². The molecule has 0 bridgehead atoms. The van der Waals surface area contributed by atoms with E-state index in [0.717, 1.165) is 27.0 Å². The summed E-state index contributed by atoms with van der Waals surface area (Å²) in [6, 6.07) is 19.3. The maximum Gasteiger partial charge on any atom is 0.335 e. The van der Waals surface area contributed by atoms with Gasteiger partial charge in [0, 0.05) is 5.39 Å². The van der Waals surface area contributed by atoms with Gasteiger partial charge in [0.2, 0.25) is 0 Å². The van der Waals surface area contributed by atoms with E-state index in [2.05, 4.69) is 5.32 Å². The largest absolute Gasteiger partial charge is 0.497 e. The molecule has 6 heteroatoms. The molecule has 3 aromatic carbocycles. The van der Waals surface area contributed by atoms with Crippen LogP contribution in [-0.4, -0.2) is 25.0 Å². The Balaban J connectivity index is 1.66. The topological polar surface area (TPSA) is 75.7 Å². The Kier molecular flexibility index (Phi) is 5.13. The average Bonchev–Trinajstić information content (AvgIpc) is 2.76. The van der Waals surface area contributed by atoms with Crippen molar-refractivity contribution in [2.75, 3.05) is 12.0 Å². The van der Waals surface area contributed by atoms with Crippen molar-refractivity contribution >= 4 is 40.4 Å². The third-order valence-corrected chi connectivity index (χ3v) is 4.78. The Morgan fingerprint density at radius 1 is 0.900 bits per heavy atom. The first kappa shape index (κ1) is 19.1. The quantitative estimate of drug-likeness (QED) is 0.531. The van der Waals surface area contributed by atoms with Gasteiger partial charge in [-0.3, -0.25) is 14.9 Å². The van der Waals surface area contributed by atoms with Crippen molar-refractivity contribution in [1.29, 1.82) is 0 Å². The molecule has 0 unspecified atom stereocenters. The molecule has 0 saturated carbocycles. The normalized spacial score (nSPS) is 15.8. The number of allylic oxidation sites excluding steroid dienone is 2. The van der Waals surface area contributed by atoms with Crippen LogP contribution in [0.3, 0.4) is 0 Å². The standard InChI is InChI=1S/C24H18N2O4/c1-30-18-14-12-16(13-15-18)6-4-10-20-22(27)25-24(29)26(23(20)28)21-11-5-8-17-7-2-3-9-19(17)21/h2-15H,1H3,(H,25,27,29)/b6-4+,20-10-. The predicted molar refractivity (Wildman–Crippen MR) is 115 cm³/mol. The van der Waals surface area contributed by atoms with Gasteiger partial charge in [0.05, 0.1) is 12.8 Å². The van der Waals surface area contributed by atoms with Crippen molar-refractivity contribution in [2.24, 2.45) is 0 Å². The van der Waals surface area contributed by atoms with Crippen molar-refractivity contribution in [2.45, 2.75) is 0 Å². The summed E-state index contributed by atoms with van der Waals surface area (Å²) in [6.07, 6.45) is 4.77. The lowest BCUT2D eigenvalue weighted by atomic mass is 10.1. The molecule has 0 spiro atoms. The third-order valence-electron chi connectivity index (χ3n) is 4.78. The second-order valence-electron chi connectivity index (χ2n) is 6.61. The second-order valence-corrected chi connectivity index (χ2v) is 6.61. The number of rotatable bonds is 4. The number of carbonyl (C=O) groups excluding carboxylic acids is 3. The van der Waals surface area contributed by atoms with E-state index in [1.54, 1.807) is 31.4 Å². The molecule has 1 aliphatic heterocycles. The summed E-state index contributed by atoms with van der Waals surface area (Å²) in [5.74, 6) is -0.656. The van der Waals surface area contributed by atoms with Gasteiger partial charge in [0.15, 0.2) is 0 Å². The second kappa shape index (κ2) is 8.05. The van der Waals surface area contributed by atoms with Crippen LogP contribution in [0.2, 0.25) is 0 Å². The van der Waals surface area contributed by atoms with Crippen molar-refractivity contribution in [3.8, 4) is 5.75 Å². The summed E-state index contributed by atoms with van der Waals surface area (Å²) in [5.41, 5.74) is 1.18.